The summed E-state index contributed by atoms with van der Waals surface area (Å²) in [6, 6.07) is 0. The van der Waals surface area contributed by atoms with Crippen LogP contribution in [0.1, 0.15) is 46.0 Å². The van der Waals surface area contributed by atoms with Gasteiger partial charge >= 0.3 is 0 Å². The van der Waals surface area contributed by atoms with Gasteiger partial charge in [-0.15, -0.1) is 11.6 Å². The summed E-state index contributed by atoms with van der Waals surface area (Å²) in [7, 11) is 0. The highest BCUT2D eigenvalue weighted by Crippen LogP contribution is 2.32. The van der Waals surface area contributed by atoms with Crippen LogP contribution in [0.3, 0.4) is 0 Å². The number of rotatable bonds is 4. The smallest absolute Gasteiger partial charge is 0.238 e. The minimum atomic E-state index is -0.316. The van der Waals surface area contributed by atoms with Crippen molar-refractivity contribution in [1.82, 2.24) is 5.32 Å². The lowest BCUT2D eigenvalue weighted by Gasteiger charge is -2.28. The van der Waals surface area contributed by atoms with E-state index in [4.69, 9.17) is 11.6 Å². The normalized spacial score (nSPS) is 28.5. The average molecular weight is 232 g/mol. The van der Waals surface area contributed by atoms with Gasteiger partial charge in [-0.05, 0) is 31.1 Å². The van der Waals surface area contributed by atoms with Crippen molar-refractivity contribution in [1.29, 1.82) is 0 Å². The van der Waals surface area contributed by atoms with Crippen molar-refractivity contribution in [2.75, 3.05) is 6.54 Å². The fourth-order valence-electron chi connectivity index (χ4n) is 2.14. The van der Waals surface area contributed by atoms with Crippen LogP contribution in [-0.4, -0.2) is 17.8 Å². The maximum atomic E-state index is 11.6. The highest BCUT2D eigenvalue weighted by molar-refractivity contribution is 6.30. The van der Waals surface area contributed by atoms with Crippen LogP contribution >= 0.6 is 11.6 Å². The van der Waals surface area contributed by atoms with E-state index in [1.807, 2.05) is 6.92 Å². The van der Waals surface area contributed by atoms with E-state index in [0.29, 0.717) is 5.92 Å². The van der Waals surface area contributed by atoms with Crippen LogP contribution in [-0.2, 0) is 4.79 Å². The van der Waals surface area contributed by atoms with Crippen molar-refractivity contribution in [3.05, 3.63) is 0 Å². The van der Waals surface area contributed by atoms with E-state index in [1.54, 1.807) is 0 Å². The molecule has 3 heteroatoms. The topological polar surface area (TPSA) is 29.1 Å². The van der Waals surface area contributed by atoms with Gasteiger partial charge in [-0.3, -0.25) is 4.79 Å². The van der Waals surface area contributed by atoms with Gasteiger partial charge in [0.15, 0.2) is 0 Å². The van der Waals surface area contributed by atoms with Crippen LogP contribution in [0.4, 0.5) is 0 Å². The van der Waals surface area contributed by atoms with E-state index in [-0.39, 0.29) is 11.3 Å². The molecule has 1 N–H and O–H groups in total. The van der Waals surface area contributed by atoms with Gasteiger partial charge in [0.2, 0.25) is 5.91 Å². The molecule has 1 aliphatic rings. The monoisotopic (exact) mass is 231 g/mol. The Bertz CT molecular complexity index is 200. The lowest BCUT2D eigenvalue weighted by Crippen LogP contribution is -2.37. The molecule has 0 spiro atoms. The molecule has 0 saturated heterocycles. The predicted octanol–water partition coefficient (Wildman–Crippen LogP) is 2.95. The maximum Gasteiger partial charge on any atom is 0.238 e. The largest absolute Gasteiger partial charge is 0.355 e. The number of carbonyl (C=O) groups is 1. The van der Waals surface area contributed by atoms with Gasteiger partial charge in [0.05, 0.1) is 0 Å². The van der Waals surface area contributed by atoms with E-state index in [0.717, 1.165) is 31.7 Å². The van der Waals surface area contributed by atoms with Crippen molar-refractivity contribution < 1.29 is 4.79 Å². The highest BCUT2D eigenvalue weighted by Gasteiger charge is 2.28. The fraction of sp³-hybridized carbons (Fsp3) is 0.917. The van der Waals surface area contributed by atoms with Crippen LogP contribution < -0.4 is 5.32 Å². The first-order valence-corrected chi connectivity index (χ1v) is 6.50. The summed E-state index contributed by atoms with van der Waals surface area (Å²) >= 11 is 6.18. The number of carbonyl (C=O) groups excluding carboxylic acids is 1. The molecule has 0 heterocycles. The van der Waals surface area contributed by atoms with Crippen LogP contribution in [0.15, 0.2) is 0 Å². The molecule has 1 atom stereocenters. The molecule has 0 aliphatic heterocycles. The second kappa shape index (κ2) is 6.37. The zero-order valence-electron chi connectivity index (χ0n) is 9.76. The Morgan fingerprint density at radius 1 is 1.40 bits per heavy atom. The molecule has 1 rings (SSSR count). The quantitative estimate of drug-likeness (QED) is 0.741. The van der Waals surface area contributed by atoms with E-state index in [1.165, 1.54) is 12.8 Å². The summed E-state index contributed by atoms with van der Waals surface area (Å²) in [6.07, 6.45) is 5.62. The Hall–Kier alpha value is -0.240. The number of amides is 1. The molecule has 1 unspecified atom stereocenters. The first kappa shape index (κ1) is 12.8. The Morgan fingerprint density at radius 2 is 2.00 bits per heavy atom. The lowest BCUT2D eigenvalue weighted by molar-refractivity contribution is -0.121. The molecule has 0 aromatic carbocycles. The fourth-order valence-corrected chi connectivity index (χ4v) is 2.47. The number of alkyl halides is 1. The summed E-state index contributed by atoms with van der Waals surface area (Å²) < 4.78 is 0. The Kier molecular flexibility index (Phi) is 5.44. The minimum absolute atomic E-state index is 0.0260. The van der Waals surface area contributed by atoms with Gasteiger partial charge in [0.1, 0.15) is 5.38 Å². The molecule has 1 amide bonds. The second-order valence-electron chi connectivity index (χ2n) is 4.71. The third-order valence-corrected chi connectivity index (χ3v) is 3.83. The van der Waals surface area contributed by atoms with Crippen molar-refractivity contribution in [2.45, 2.75) is 51.3 Å². The van der Waals surface area contributed by atoms with Crippen molar-refractivity contribution in [3.63, 3.8) is 0 Å². The predicted molar refractivity (Wildman–Crippen MR) is 64.1 cm³/mol. The van der Waals surface area contributed by atoms with Gasteiger partial charge in [-0.1, -0.05) is 26.7 Å². The average Bonchev–Trinajstić information content (AvgIpc) is 2.26. The maximum absolute atomic E-state index is 11.6. The summed E-state index contributed by atoms with van der Waals surface area (Å²) in [5.74, 6) is 1.22. The van der Waals surface area contributed by atoms with E-state index >= 15 is 0 Å². The molecule has 0 aromatic heterocycles. The Morgan fingerprint density at radius 3 is 2.53 bits per heavy atom. The minimum Gasteiger partial charge on any atom is -0.355 e. The molecule has 0 radical (unpaired) electrons. The molecule has 1 aliphatic carbocycles. The third-order valence-electron chi connectivity index (χ3n) is 3.27. The molecule has 15 heavy (non-hydrogen) atoms. The number of hydrogen-bond acceptors (Lipinski definition) is 1. The first-order chi connectivity index (χ1) is 7.15. The van der Waals surface area contributed by atoms with E-state index in [9.17, 15) is 4.79 Å². The first-order valence-electron chi connectivity index (χ1n) is 6.07. The summed E-state index contributed by atoms with van der Waals surface area (Å²) in [6.45, 7) is 5.06. The highest BCUT2D eigenvalue weighted by atomic mass is 35.5. The zero-order valence-corrected chi connectivity index (χ0v) is 10.5. The zero-order chi connectivity index (χ0) is 11.3. The van der Waals surface area contributed by atoms with Gasteiger partial charge in [-0.2, -0.15) is 0 Å². The number of hydrogen-bond donors (Lipinski definition) is 1. The van der Waals surface area contributed by atoms with Gasteiger partial charge in [-0.25, -0.2) is 0 Å². The molecule has 88 valence electrons. The van der Waals surface area contributed by atoms with Crippen LogP contribution in [0.2, 0.25) is 0 Å². The number of nitrogens with one attached hydrogen (secondary N) is 1. The van der Waals surface area contributed by atoms with Crippen molar-refractivity contribution >= 4 is 17.5 Å². The lowest BCUT2D eigenvalue weighted by atomic mass is 9.81. The van der Waals surface area contributed by atoms with Crippen molar-refractivity contribution in [2.24, 2.45) is 11.8 Å². The molecule has 1 saturated carbocycles. The summed E-state index contributed by atoms with van der Waals surface area (Å²) in [4.78, 5) is 11.6. The molecular formula is C12H22ClNO. The summed E-state index contributed by atoms with van der Waals surface area (Å²) in [5, 5.41) is 2.55. The SMILES string of the molecule is CCCNC(=O)C(Cl)C1CCC(C)CC1. The van der Waals surface area contributed by atoms with Crippen molar-refractivity contribution in [3.8, 4) is 0 Å². The van der Waals surface area contributed by atoms with Crippen LogP contribution in [0.5, 0.6) is 0 Å². The summed E-state index contributed by atoms with van der Waals surface area (Å²) in [5.41, 5.74) is 0. The van der Waals surface area contributed by atoms with E-state index in [2.05, 4.69) is 12.2 Å². The standard InChI is InChI=1S/C12H22ClNO/c1-3-8-14-12(15)11(13)10-6-4-9(2)5-7-10/h9-11H,3-8H2,1-2H3,(H,14,15). The molecule has 0 aromatic rings. The van der Waals surface area contributed by atoms with E-state index < -0.39 is 0 Å². The van der Waals surface area contributed by atoms with Gasteiger partial charge in [0, 0.05) is 6.54 Å². The van der Waals surface area contributed by atoms with Crippen LogP contribution in [0.25, 0.3) is 0 Å². The second-order valence-corrected chi connectivity index (χ2v) is 5.18. The Balaban J connectivity index is 2.32. The van der Waals surface area contributed by atoms with Crippen LogP contribution in [0, 0.1) is 11.8 Å². The third kappa shape index (κ3) is 4.02. The van der Waals surface area contributed by atoms with Gasteiger partial charge < -0.3 is 5.32 Å². The number of halogens is 1. The molecule has 0 bridgehead atoms. The molecule has 2 nitrogen and oxygen atoms in total. The van der Waals surface area contributed by atoms with Gasteiger partial charge in [0.25, 0.3) is 0 Å². The Labute approximate surface area is 97.8 Å². The molecule has 1 fully saturated rings. The molecular weight excluding hydrogens is 210 g/mol.